The molecular formula is C19H21BrClNO2S. The molecule has 6 heteroatoms. The summed E-state index contributed by atoms with van der Waals surface area (Å²) in [6.45, 7) is 2.74. The molecule has 1 amide bonds. The number of thioether (sulfide) groups is 1. The molecule has 1 N–H and O–H groups in total. The minimum Gasteiger partial charge on any atom is -0.483 e. The molecule has 0 aromatic heterocycles. The molecule has 0 fully saturated rings. The first-order valence-electron chi connectivity index (χ1n) is 8.08. The van der Waals surface area contributed by atoms with Gasteiger partial charge in [0.2, 0.25) is 0 Å². The van der Waals surface area contributed by atoms with E-state index in [1.165, 1.54) is 11.1 Å². The van der Waals surface area contributed by atoms with Crippen molar-refractivity contribution >= 4 is 45.2 Å². The standard InChI is InChI=1S/C19H21BrClNO2S/c1-2-14-5-8-18(17(20)11-14)24-12-19(23)22-9-10-25-13-15-3-6-16(21)7-4-15/h3-8,11H,2,9-10,12-13H2,1H3,(H,22,23). The van der Waals surface area contributed by atoms with Crippen LogP contribution in [-0.4, -0.2) is 24.8 Å². The normalized spacial score (nSPS) is 10.5. The Morgan fingerprint density at radius 3 is 2.60 bits per heavy atom. The van der Waals surface area contributed by atoms with Crippen molar-refractivity contribution in [3.63, 3.8) is 0 Å². The molecule has 0 saturated carbocycles. The third-order valence-corrected chi connectivity index (χ3v) is 5.42. The summed E-state index contributed by atoms with van der Waals surface area (Å²) in [5, 5.41) is 3.62. The molecule has 0 atom stereocenters. The van der Waals surface area contributed by atoms with Gasteiger partial charge in [0.1, 0.15) is 5.75 Å². The van der Waals surface area contributed by atoms with Crippen molar-refractivity contribution in [3.8, 4) is 5.75 Å². The highest BCUT2D eigenvalue weighted by atomic mass is 79.9. The van der Waals surface area contributed by atoms with Crippen LogP contribution in [0.3, 0.4) is 0 Å². The van der Waals surface area contributed by atoms with Crippen LogP contribution in [0.5, 0.6) is 5.75 Å². The average molecular weight is 443 g/mol. The maximum absolute atomic E-state index is 11.8. The summed E-state index contributed by atoms with van der Waals surface area (Å²) in [7, 11) is 0. The zero-order chi connectivity index (χ0) is 18.1. The van der Waals surface area contributed by atoms with Gasteiger partial charge in [-0.05, 0) is 57.7 Å². The number of hydrogen-bond donors (Lipinski definition) is 1. The Hall–Kier alpha value is -1.17. The van der Waals surface area contributed by atoms with Gasteiger partial charge in [-0.1, -0.05) is 36.7 Å². The molecule has 0 bridgehead atoms. The number of hydrogen-bond acceptors (Lipinski definition) is 3. The predicted octanol–water partition coefficient (Wildman–Crippen LogP) is 5.09. The molecule has 0 unspecified atom stereocenters. The number of aryl methyl sites for hydroxylation is 1. The van der Waals surface area contributed by atoms with Gasteiger partial charge in [-0.15, -0.1) is 0 Å². The molecule has 0 heterocycles. The number of benzene rings is 2. The summed E-state index contributed by atoms with van der Waals surface area (Å²) in [6, 6.07) is 13.7. The molecule has 2 rings (SSSR count). The Labute approximate surface area is 166 Å². The number of rotatable bonds is 9. The van der Waals surface area contributed by atoms with E-state index in [0.717, 1.165) is 27.4 Å². The third-order valence-electron chi connectivity index (χ3n) is 3.51. The SMILES string of the molecule is CCc1ccc(OCC(=O)NCCSCc2ccc(Cl)cc2)c(Br)c1. The van der Waals surface area contributed by atoms with E-state index in [0.29, 0.717) is 12.3 Å². The van der Waals surface area contributed by atoms with Crippen LogP contribution in [0.25, 0.3) is 0 Å². The minimum absolute atomic E-state index is 0.0198. The number of carbonyl (C=O) groups excluding carboxylic acids is 1. The first-order chi connectivity index (χ1) is 12.1. The van der Waals surface area contributed by atoms with E-state index in [4.69, 9.17) is 16.3 Å². The lowest BCUT2D eigenvalue weighted by molar-refractivity contribution is -0.122. The molecule has 134 valence electrons. The monoisotopic (exact) mass is 441 g/mol. The van der Waals surface area contributed by atoms with Crippen molar-refractivity contribution in [2.24, 2.45) is 0 Å². The Bertz CT molecular complexity index is 694. The molecule has 2 aromatic carbocycles. The number of amides is 1. The van der Waals surface area contributed by atoms with Crippen LogP contribution in [0.2, 0.25) is 5.02 Å². The smallest absolute Gasteiger partial charge is 0.257 e. The summed E-state index contributed by atoms with van der Waals surface area (Å²) in [4.78, 5) is 11.8. The Morgan fingerprint density at radius 2 is 1.92 bits per heavy atom. The fourth-order valence-electron chi connectivity index (χ4n) is 2.11. The second-order valence-electron chi connectivity index (χ2n) is 5.44. The molecule has 25 heavy (non-hydrogen) atoms. The van der Waals surface area contributed by atoms with Gasteiger partial charge in [-0.3, -0.25) is 4.79 Å². The lowest BCUT2D eigenvalue weighted by Gasteiger charge is -2.10. The van der Waals surface area contributed by atoms with Crippen molar-refractivity contribution in [2.45, 2.75) is 19.1 Å². The van der Waals surface area contributed by atoms with Crippen LogP contribution in [0.4, 0.5) is 0 Å². The number of nitrogens with one attached hydrogen (secondary N) is 1. The second-order valence-corrected chi connectivity index (χ2v) is 7.83. The minimum atomic E-state index is -0.112. The van der Waals surface area contributed by atoms with Crippen LogP contribution in [0, 0.1) is 0 Å². The Kier molecular flexibility index (Phi) is 8.65. The van der Waals surface area contributed by atoms with E-state index in [1.807, 2.05) is 42.5 Å². The molecule has 0 aliphatic carbocycles. The van der Waals surface area contributed by atoms with Gasteiger partial charge >= 0.3 is 0 Å². The third kappa shape index (κ3) is 7.30. The van der Waals surface area contributed by atoms with Crippen LogP contribution < -0.4 is 10.1 Å². The van der Waals surface area contributed by atoms with E-state index in [9.17, 15) is 4.79 Å². The van der Waals surface area contributed by atoms with Gasteiger partial charge < -0.3 is 10.1 Å². The van der Waals surface area contributed by atoms with E-state index in [1.54, 1.807) is 11.8 Å². The van der Waals surface area contributed by atoms with E-state index < -0.39 is 0 Å². The first-order valence-corrected chi connectivity index (χ1v) is 10.4. The summed E-state index contributed by atoms with van der Waals surface area (Å²) in [5.74, 6) is 2.33. The van der Waals surface area contributed by atoms with E-state index in [2.05, 4.69) is 28.2 Å². The molecule has 0 radical (unpaired) electrons. The predicted molar refractivity (Wildman–Crippen MR) is 110 cm³/mol. The quantitative estimate of drug-likeness (QED) is 0.550. The average Bonchev–Trinajstić information content (AvgIpc) is 2.62. The van der Waals surface area contributed by atoms with Gasteiger partial charge in [0.15, 0.2) is 6.61 Å². The molecule has 0 saturated heterocycles. The van der Waals surface area contributed by atoms with E-state index >= 15 is 0 Å². The van der Waals surface area contributed by atoms with Crippen LogP contribution in [0.15, 0.2) is 46.9 Å². The summed E-state index contributed by atoms with van der Waals surface area (Å²) in [6.07, 6.45) is 0.965. The van der Waals surface area contributed by atoms with Crippen molar-refractivity contribution in [1.29, 1.82) is 0 Å². The second kappa shape index (κ2) is 10.7. The largest absolute Gasteiger partial charge is 0.483 e. The molecule has 3 nitrogen and oxygen atoms in total. The summed E-state index contributed by atoms with van der Waals surface area (Å²) >= 11 is 11.1. The van der Waals surface area contributed by atoms with Gasteiger partial charge in [-0.2, -0.15) is 11.8 Å². The number of carbonyl (C=O) groups is 1. The highest BCUT2D eigenvalue weighted by Gasteiger charge is 2.06. The Balaban J connectivity index is 1.61. The summed E-state index contributed by atoms with van der Waals surface area (Å²) in [5.41, 5.74) is 2.45. The Morgan fingerprint density at radius 1 is 1.20 bits per heavy atom. The van der Waals surface area contributed by atoms with Gasteiger partial charge in [0.25, 0.3) is 5.91 Å². The lowest BCUT2D eigenvalue weighted by Crippen LogP contribution is -2.30. The molecule has 0 spiro atoms. The van der Waals surface area contributed by atoms with Crippen LogP contribution in [0.1, 0.15) is 18.1 Å². The van der Waals surface area contributed by atoms with Crippen molar-refractivity contribution in [1.82, 2.24) is 5.32 Å². The van der Waals surface area contributed by atoms with Crippen LogP contribution in [-0.2, 0) is 17.0 Å². The first kappa shape index (κ1) is 20.1. The van der Waals surface area contributed by atoms with Crippen LogP contribution >= 0.6 is 39.3 Å². The van der Waals surface area contributed by atoms with Crippen molar-refractivity contribution in [3.05, 3.63) is 63.1 Å². The highest BCUT2D eigenvalue weighted by Crippen LogP contribution is 2.26. The topological polar surface area (TPSA) is 38.3 Å². The maximum atomic E-state index is 11.8. The van der Waals surface area contributed by atoms with Gasteiger partial charge in [0.05, 0.1) is 4.47 Å². The van der Waals surface area contributed by atoms with Gasteiger partial charge in [-0.25, -0.2) is 0 Å². The molecule has 0 aliphatic rings. The van der Waals surface area contributed by atoms with Gasteiger partial charge in [0, 0.05) is 23.1 Å². The highest BCUT2D eigenvalue weighted by molar-refractivity contribution is 9.10. The van der Waals surface area contributed by atoms with E-state index in [-0.39, 0.29) is 12.5 Å². The molecule has 0 aliphatic heterocycles. The van der Waals surface area contributed by atoms with Crippen molar-refractivity contribution < 1.29 is 9.53 Å². The summed E-state index contributed by atoms with van der Waals surface area (Å²) < 4.78 is 6.43. The zero-order valence-electron chi connectivity index (χ0n) is 14.1. The fraction of sp³-hybridized carbons (Fsp3) is 0.316. The zero-order valence-corrected chi connectivity index (χ0v) is 17.2. The maximum Gasteiger partial charge on any atom is 0.257 e. The lowest BCUT2D eigenvalue weighted by atomic mass is 10.2. The molecular weight excluding hydrogens is 422 g/mol. The number of halogens is 2. The van der Waals surface area contributed by atoms with Crippen molar-refractivity contribution in [2.75, 3.05) is 18.9 Å². The number of ether oxygens (including phenoxy) is 1. The molecule has 2 aromatic rings. The fourth-order valence-corrected chi connectivity index (χ4v) is 3.59.